The van der Waals surface area contributed by atoms with E-state index < -0.39 is 12.1 Å². The van der Waals surface area contributed by atoms with E-state index in [9.17, 15) is 13.2 Å². The summed E-state index contributed by atoms with van der Waals surface area (Å²) in [6.45, 7) is 1.08. The molecule has 2 unspecified atom stereocenters. The van der Waals surface area contributed by atoms with Crippen LogP contribution in [0.15, 0.2) is 6.33 Å². The third kappa shape index (κ3) is 3.46. The summed E-state index contributed by atoms with van der Waals surface area (Å²) < 4.78 is 45.2. The van der Waals surface area contributed by atoms with Crippen molar-refractivity contribution in [1.29, 1.82) is 0 Å². The van der Waals surface area contributed by atoms with Crippen LogP contribution in [0.3, 0.4) is 0 Å². The molecule has 1 aliphatic rings. The molecule has 0 spiro atoms. The molecule has 0 radical (unpaired) electrons. The first-order valence-electron chi connectivity index (χ1n) is 6.45. The average Bonchev–Trinajstić information content (AvgIpc) is 2.83. The minimum Gasteiger partial charge on any atom is -0.383 e. The molecule has 108 valence electrons. The van der Waals surface area contributed by atoms with E-state index in [1.807, 2.05) is 0 Å². The largest absolute Gasteiger partial charge is 0.391 e. The molecule has 1 heterocycles. The van der Waals surface area contributed by atoms with Gasteiger partial charge in [0.1, 0.15) is 12.2 Å². The topological polar surface area (TPSA) is 39.9 Å². The fourth-order valence-corrected chi connectivity index (χ4v) is 2.66. The second-order valence-electron chi connectivity index (χ2n) is 4.98. The molecular formula is C12H18F3N3O. The first kappa shape index (κ1) is 14.3. The van der Waals surface area contributed by atoms with Crippen molar-refractivity contribution in [3.05, 3.63) is 12.2 Å². The van der Waals surface area contributed by atoms with Crippen molar-refractivity contribution in [2.45, 2.75) is 44.3 Å². The Hall–Kier alpha value is -1.11. The Morgan fingerprint density at radius 2 is 2.21 bits per heavy atom. The molecule has 19 heavy (non-hydrogen) atoms. The molecule has 7 heteroatoms. The van der Waals surface area contributed by atoms with Crippen LogP contribution in [-0.4, -0.2) is 34.7 Å². The van der Waals surface area contributed by atoms with E-state index in [-0.39, 0.29) is 18.8 Å². The third-order valence-corrected chi connectivity index (χ3v) is 3.68. The van der Waals surface area contributed by atoms with Gasteiger partial charge in [-0.25, -0.2) is 0 Å². The average molecular weight is 277 g/mol. The molecule has 1 saturated carbocycles. The van der Waals surface area contributed by atoms with Gasteiger partial charge in [-0.15, -0.1) is 10.2 Å². The molecule has 1 aliphatic carbocycles. The Morgan fingerprint density at radius 1 is 1.42 bits per heavy atom. The van der Waals surface area contributed by atoms with Crippen LogP contribution in [-0.2, 0) is 11.3 Å². The van der Waals surface area contributed by atoms with E-state index >= 15 is 0 Å². The maximum atomic E-state index is 12.8. The second-order valence-corrected chi connectivity index (χ2v) is 4.98. The lowest BCUT2D eigenvalue weighted by Crippen LogP contribution is -2.29. The third-order valence-electron chi connectivity index (χ3n) is 3.68. The molecule has 1 aromatic rings. The van der Waals surface area contributed by atoms with Crippen molar-refractivity contribution in [2.75, 3.05) is 13.7 Å². The molecule has 1 aromatic heterocycles. The highest BCUT2D eigenvalue weighted by Crippen LogP contribution is 2.43. The number of nitrogens with zero attached hydrogens (tertiary/aromatic N) is 3. The minimum absolute atomic E-state index is 0.120. The Kier molecular flexibility index (Phi) is 4.44. The van der Waals surface area contributed by atoms with Crippen LogP contribution < -0.4 is 0 Å². The van der Waals surface area contributed by atoms with Crippen LogP contribution in [0.5, 0.6) is 0 Å². The molecule has 2 atom stereocenters. The smallest absolute Gasteiger partial charge is 0.383 e. The SMILES string of the molecule is COCCn1cnnc1C1CCCC(C(F)(F)F)C1. The first-order chi connectivity index (χ1) is 9.02. The van der Waals surface area contributed by atoms with E-state index in [1.165, 1.54) is 0 Å². The van der Waals surface area contributed by atoms with Crippen LogP contribution in [0.2, 0.25) is 0 Å². The van der Waals surface area contributed by atoms with Crippen LogP contribution >= 0.6 is 0 Å². The molecule has 0 aliphatic heterocycles. The number of methoxy groups -OCH3 is 1. The van der Waals surface area contributed by atoms with Gasteiger partial charge < -0.3 is 9.30 Å². The Morgan fingerprint density at radius 3 is 2.89 bits per heavy atom. The van der Waals surface area contributed by atoms with Gasteiger partial charge in [-0.2, -0.15) is 13.2 Å². The minimum atomic E-state index is -4.10. The molecule has 0 N–H and O–H groups in total. The van der Waals surface area contributed by atoms with Crippen molar-refractivity contribution in [1.82, 2.24) is 14.8 Å². The zero-order valence-electron chi connectivity index (χ0n) is 10.9. The van der Waals surface area contributed by atoms with Gasteiger partial charge in [0.2, 0.25) is 0 Å². The van der Waals surface area contributed by atoms with Crippen molar-refractivity contribution < 1.29 is 17.9 Å². The quantitative estimate of drug-likeness (QED) is 0.849. The molecule has 0 aromatic carbocycles. The van der Waals surface area contributed by atoms with Crippen molar-refractivity contribution >= 4 is 0 Å². The van der Waals surface area contributed by atoms with Crippen molar-refractivity contribution in [3.8, 4) is 0 Å². The monoisotopic (exact) mass is 277 g/mol. The Labute approximate surface area is 110 Å². The lowest BCUT2D eigenvalue weighted by molar-refractivity contribution is -0.183. The summed E-state index contributed by atoms with van der Waals surface area (Å²) >= 11 is 0. The fraction of sp³-hybridized carbons (Fsp3) is 0.833. The van der Waals surface area contributed by atoms with Gasteiger partial charge in [0.15, 0.2) is 0 Å². The summed E-state index contributed by atoms with van der Waals surface area (Å²) in [7, 11) is 1.59. The first-order valence-corrected chi connectivity index (χ1v) is 6.45. The maximum Gasteiger partial charge on any atom is 0.391 e. The Bertz CT molecular complexity index is 405. The second kappa shape index (κ2) is 5.90. The highest BCUT2D eigenvalue weighted by molar-refractivity contribution is 5.00. The van der Waals surface area contributed by atoms with Gasteiger partial charge in [0, 0.05) is 19.6 Å². The number of halogens is 3. The van der Waals surface area contributed by atoms with Crippen LogP contribution in [0, 0.1) is 5.92 Å². The molecule has 0 bridgehead atoms. The van der Waals surface area contributed by atoms with E-state index in [0.717, 1.165) is 6.42 Å². The van der Waals surface area contributed by atoms with Crippen LogP contribution in [0.1, 0.15) is 37.4 Å². The number of hydrogen-bond donors (Lipinski definition) is 0. The lowest BCUT2D eigenvalue weighted by atomic mass is 9.80. The number of aromatic nitrogens is 3. The summed E-state index contributed by atoms with van der Waals surface area (Å²) in [6.07, 6.45) is -0.854. The molecule has 1 fully saturated rings. The molecule has 4 nitrogen and oxygen atoms in total. The number of alkyl halides is 3. The van der Waals surface area contributed by atoms with Gasteiger partial charge in [0.25, 0.3) is 0 Å². The molecular weight excluding hydrogens is 259 g/mol. The van der Waals surface area contributed by atoms with Gasteiger partial charge in [-0.1, -0.05) is 6.42 Å². The summed E-state index contributed by atoms with van der Waals surface area (Å²) in [4.78, 5) is 0. The van der Waals surface area contributed by atoms with Gasteiger partial charge in [-0.3, -0.25) is 0 Å². The van der Waals surface area contributed by atoms with Crippen LogP contribution in [0.25, 0.3) is 0 Å². The van der Waals surface area contributed by atoms with Gasteiger partial charge in [-0.05, 0) is 19.3 Å². The van der Waals surface area contributed by atoms with E-state index in [1.54, 1.807) is 18.0 Å². The molecule has 0 amide bonds. The standard InChI is InChI=1S/C12H18F3N3O/c1-19-6-5-18-8-16-17-11(18)9-3-2-4-10(7-9)12(13,14)15/h8-10H,2-7H2,1H3. The zero-order valence-corrected chi connectivity index (χ0v) is 10.9. The number of rotatable bonds is 4. The highest BCUT2D eigenvalue weighted by Gasteiger charge is 2.43. The van der Waals surface area contributed by atoms with Crippen molar-refractivity contribution in [3.63, 3.8) is 0 Å². The van der Waals surface area contributed by atoms with E-state index in [0.29, 0.717) is 25.4 Å². The normalized spacial score (nSPS) is 24.6. The predicted octanol–water partition coefficient (Wildman–Crippen LogP) is 2.76. The van der Waals surface area contributed by atoms with Gasteiger partial charge in [0.05, 0.1) is 12.5 Å². The summed E-state index contributed by atoms with van der Waals surface area (Å²) in [5.74, 6) is -0.704. The number of hydrogen-bond acceptors (Lipinski definition) is 3. The summed E-state index contributed by atoms with van der Waals surface area (Å²) in [5.41, 5.74) is 0. The van der Waals surface area contributed by atoms with Crippen molar-refractivity contribution in [2.24, 2.45) is 5.92 Å². The maximum absolute atomic E-state index is 12.8. The Balaban J connectivity index is 2.07. The van der Waals surface area contributed by atoms with Crippen LogP contribution in [0.4, 0.5) is 13.2 Å². The van der Waals surface area contributed by atoms with Gasteiger partial charge >= 0.3 is 6.18 Å². The molecule has 2 rings (SSSR count). The highest BCUT2D eigenvalue weighted by atomic mass is 19.4. The molecule has 0 saturated heterocycles. The number of ether oxygens (including phenoxy) is 1. The van der Waals surface area contributed by atoms with E-state index in [4.69, 9.17) is 4.74 Å². The lowest BCUT2D eigenvalue weighted by Gasteiger charge is -2.30. The summed E-state index contributed by atoms with van der Waals surface area (Å²) in [5, 5.41) is 7.81. The summed E-state index contributed by atoms with van der Waals surface area (Å²) in [6, 6.07) is 0. The zero-order chi connectivity index (χ0) is 13.9. The van der Waals surface area contributed by atoms with E-state index in [2.05, 4.69) is 10.2 Å². The predicted molar refractivity (Wildman–Crippen MR) is 62.7 cm³/mol. The fourth-order valence-electron chi connectivity index (χ4n) is 2.66.